The van der Waals surface area contributed by atoms with Crippen LogP contribution in [0.2, 0.25) is 0 Å². The molecule has 1 rings (SSSR count). The van der Waals surface area contributed by atoms with Gasteiger partial charge in [-0.2, -0.15) is 5.26 Å². The van der Waals surface area contributed by atoms with Crippen LogP contribution in [0.25, 0.3) is 0 Å². The zero-order valence-electron chi connectivity index (χ0n) is 10.3. The number of amides is 1. The molecular formula is C12H18N2O2. The van der Waals surface area contributed by atoms with Crippen molar-refractivity contribution in [2.24, 2.45) is 10.8 Å². The molecule has 1 atom stereocenters. The Balaban J connectivity index is 2.75. The van der Waals surface area contributed by atoms with Crippen LogP contribution in [0.15, 0.2) is 0 Å². The summed E-state index contributed by atoms with van der Waals surface area (Å²) in [6, 6.07) is 1.50. The van der Waals surface area contributed by atoms with Gasteiger partial charge < -0.3 is 5.32 Å². The summed E-state index contributed by atoms with van der Waals surface area (Å²) in [5.41, 5.74) is -1.19. The molecule has 0 bridgehead atoms. The number of nitrogens with one attached hydrogen (secondary N) is 1. The molecule has 1 N–H and O–H groups in total. The predicted molar refractivity (Wildman–Crippen MR) is 59.3 cm³/mol. The van der Waals surface area contributed by atoms with E-state index in [0.717, 1.165) is 0 Å². The standard InChI is InChI=1S/C12H18N2O2/c1-8(15)9(11(2,3)4)14-10(16)12(7-13)5-6-12/h9H,5-6H2,1-4H3,(H,14,16)/t9-/m1/s1. The molecule has 0 aromatic heterocycles. The van der Waals surface area contributed by atoms with E-state index in [-0.39, 0.29) is 17.1 Å². The highest BCUT2D eigenvalue weighted by Crippen LogP contribution is 2.45. The average Bonchev–Trinajstić information content (AvgIpc) is 2.91. The number of rotatable bonds is 3. The predicted octanol–water partition coefficient (Wildman–Crippen LogP) is 1.41. The van der Waals surface area contributed by atoms with Crippen LogP contribution in [-0.4, -0.2) is 17.7 Å². The molecule has 0 unspecified atom stereocenters. The number of hydrogen-bond acceptors (Lipinski definition) is 3. The molecule has 88 valence electrons. The Morgan fingerprint density at radius 1 is 1.38 bits per heavy atom. The second kappa shape index (κ2) is 3.89. The van der Waals surface area contributed by atoms with E-state index in [9.17, 15) is 9.59 Å². The summed E-state index contributed by atoms with van der Waals surface area (Å²) in [5, 5.41) is 11.6. The number of carbonyl (C=O) groups excluding carboxylic acids is 2. The fraction of sp³-hybridized carbons (Fsp3) is 0.750. The first kappa shape index (κ1) is 12.7. The average molecular weight is 222 g/mol. The molecule has 4 heteroatoms. The van der Waals surface area contributed by atoms with E-state index in [2.05, 4.69) is 5.32 Å². The third-order valence-electron chi connectivity index (χ3n) is 2.95. The zero-order chi connectivity index (χ0) is 12.6. The van der Waals surface area contributed by atoms with Crippen molar-refractivity contribution in [3.8, 4) is 6.07 Å². The van der Waals surface area contributed by atoms with Gasteiger partial charge in [-0.15, -0.1) is 0 Å². The molecule has 0 spiro atoms. The maximum atomic E-state index is 11.8. The number of ketones is 1. The smallest absolute Gasteiger partial charge is 0.241 e. The first-order valence-electron chi connectivity index (χ1n) is 5.45. The Morgan fingerprint density at radius 2 is 1.88 bits per heavy atom. The summed E-state index contributed by atoms with van der Waals surface area (Å²) in [6.45, 7) is 7.14. The van der Waals surface area contributed by atoms with Crippen LogP contribution in [0.1, 0.15) is 40.5 Å². The molecular weight excluding hydrogens is 204 g/mol. The van der Waals surface area contributed by atoms with Gasteiger partial charge in [-0.05, 0) is 25.2 Å². The Morgan fingerprint density at radius 3 is 2.12 bits per heavy atom. The molecule has 4 nitrogen and oxygen atoms in total. The summed E-state index contributed by atoms with van der Waals surface area (Å²) in [7, 11) is 0. The maximum absolute atomic E-state index is 11.8. The lowest BCUT2D eigenvalue weighted by Gasteiger charge is -2.29. The summed E-state index contributed by atoms with van der Waals surface area (Å²) < 4.78 is 0. The van der Waals surface area contributed by atoms with Crippen LogP contribution in [0.4, 0.5) is 0 Å². The van der Waals surface area contributed by atoms with E-state index in [4.69, 9.17) is 5.26 Å². The second-order valence-corrected chi connectivity index (χ2v) is 5.58. The molecule has 0 aliphatic heterocycles. The third kappa shape index (κ3) is 2.41. The van der Waals surface area contributed by atoms with Crippen molar-refractivity contribution in [2.75, 3.05) is 0 Å². The van der Waals surface area contributed by atoms with Crippen molar-refractivity contribution in [1.82, 2.24) is 5.32 Å². The van der Waals surface area contributed by atoms with Gasteiger partial charge in [0.05, 0.1) is 12.1 Å². The lowest BCUT2D eigenvalue weighted by Crippen LogP contribution is -2.50. The highest BCUT2D eigenvalue weighted by Gasteiger charge is 2.51. The fourth-order valence-corrected chi connectivity index (χ4v) is 1.71. The first-order chi connectivity index (χ1) is 7.23. The van der Waals surface area contributed by atoms with Crippen LogP contribution in [0.5, 0.6) is 0 Å². The van der Waals surface area contributed by atoms with E-state index in [1.807, 2.05) is 26.8 Å². The summed E-state index contributed by atoms with van der Waals surface area (Å²) >= 11 is 0. The number of nitriles is 1. The van der Waals surface area contributed by atoms with Crippen molar-refractivity contribution in [3.05, 3.63) is 0 Å². The SMILES string of the molecule is CC(=O)[C@@H](NC(=O)C1(C#N)CC1)C(C)(C)C. The van der Waals surface area contributed by atoms with Gasteiger partial charge in [-0.25, -0.2) is 0 Å². The summed E-state index contributed by atoms with van der Waals surface area (Å²) in [6.07, 6.45) is 1.20. The number of carbonyl (C=O) groups is 2. The van der Waals surface area contributed by atoms with Gasteiger partial charge in [0.25, 0.3) is 0 Å². The van der Waals surface area contributed by atoms with Crippen LogP contribution in [-0.2, 0) is 9.59 Å². The minimum absolute atomic E-state index is 0.0745. The van der Waals surface area contributed by atoms with Crippen LogP contribution >= 0.6 is 0 Å². The molecule has 1 aliphatic carbocycles. The molecule has 1 fully saturated rings. The molecule has 0 aromatic carbocycles. The molecule has 1 amide bonds. The van der Waals surface area contributed by atoms with E-state index in [0.29, 0.717) is 12.8 Å². The van der Waals surface area contributed by atoms with Crippen molar-refractivity contribution in [2.45, 2.75) is 46.6 Å². The highest BCUT2D eigenvalue weighted by molar-refractivity contribution is 5.93. The van der Waals surface area contributed by atoms with Gasteiger partial charge >= 0.3 is 0 Å². The Kier molecular flexibility index (Phi) is 3.09. The first-order valence-corrected chi connectivity index (χ1v) is 5.45. The largest absolute Gasteiger partial charge is 0.344 e. The van der Waals surface area contributed by atoms with Gasteiger partial charge in [0.1, 0.15) is 5.41 Å². The minimum atomic E-state index is -0.862. The van der Waals surface area contributed by atoms with Crippen molar-refractivity contribution < 1.29 is 9.59 Å². The van der Waals surface area contributed by atoms with Crippen molar-refractivity contribution in [1.29, 1.82) is 5.26 Å². The number of nitrogens with zero attached hydrogens (tertiary/aromatic N) is 1. The maximum Gasteiger partial charge on any atom is 0.241 e. The van der Waals surface area contributed by atoms with Crippen molar-refractivity contribution >= 4 is 11.7 Å². The summed E-state index contributed by atoms with van der Waals surface area (Å²) in [4.78, 5) is 23.3. The molecule has 16 heavy (non-hydrogen) atoms. The molecule has 1 aliphatic rings. The van der Waals surface area contributed by atoms with E-state index < -0.39 is 11.5 Å². The normalized spacial score (nSPS) is 19.4. The topological polar surface area (TPSA) is 70.0 Å². The summed E-state index contributed by atoms with van der Waals surface area (Å²) in [5.74, 6) is -0.375. The van der Waals surface area contributed by atoms with Crippen LogP contribution < -0.4 is 5.32 Å². The Hall–Kier alpha value is -1.37. The minimum Gasteiger partial charge on any atom is -0.344 e. The van der Waals surface area contributed by atoms with Gasteiger partial charge in [-0.1, -0.05) is 20.8 Å². The Labute approximate surface area is 96.0 Å². The Bertz CT molecular complexity index is 356. The number of Topliss-reactive ketones (excluding diaryl/α,β-unsaturated/α-hetero) is 1. The molecule has 0 radical (unpaired) electrons. The lowest BCUT2D eigenvalue weighted by molar-refractivity contribution is -0.131. The van der Waals surface area contributed by atoms with Gasteiger partial charge in [0, 0.05) is 0 Å². The van der Waals surface area contributed by atoms with E-state index in [1.165, 1.54) is 6.92 Å². The quantitative estimate of drug-likeness (QED) is 0.784. The van der Waals surface area contributed by atoms with Crippen molar-refractivity contribution in [3.63, 3.8) is 0 Å². The molecule has 0 aromatic rings. The zero-order valence-corrected chi connectivity index (χ0v) is 10.3. The highest BCUT2D eigenvalue weighted by atomic mass is 16.2. The molecule has 0 heterocycles. The fourth-order valence-electron chi connectivity index (χ4n) is 1.71. The third-order valence-corrected chi connectivity index (χ3v) is 2.95. The van der Waals surface area contributed by atoms with Gasteiger partial charge in [0.15, 0.2) is 5.78 Å². The van der Waals surface area contributed by atoms with Crippen LogP contribution in [0, 0.1) is 22.2 Å². The monoisotopic (exact) mass is 222 g/mol. The number of hydrogen-bond donors (Lipinski definition) is 1. The molecule has 1 saturated carbocycles. The van der Waals surface area contributed by atoms with Crippen LogP contribution in [0.3, 0.4) is 0 Å². The van der Waals surface area contributed by atoms with Gasteiger partial charge in [-0.3, -0.25) is 9.59 Å². The van der Waals surface area contributed by atoms with Gasteiger partial charge in [0.2, 0.25) is 5.91 Å². The second-order valence-electron chi connectivity index (χ2n) is 5.58. The lowest BCUT2D eigenvalue weighted by atomic mass is 9.84. The molecule has 0 saturated heterocycles. The van der Waals surface area contributed by atoms with E-state index in [1.54, 1.807) is 0 Å². The van der Waals surface area contributed by atoms with E-state index >= 15 is 0 Å².